The Balaban J connectivity index is 1.06. The Labute approximate surface area is 424 Å². The summed E-state index contributed by atoms with van der Waals surface area (Å²) < 4.78 is 63.4. The number of phenolic OH excluding ortho intramolecular Hbond substituents is 3. The predicted molar refractivity (Wildman–Crippen MR) is 247 cm³/mol. The molecule has 26 nitrogen and oxygen atoms in total. The molecule has 3 aromatic carbocycles. The second-order valence-corrected chi connectivity index (χ2v) is 18.2. The molecule has 0 spiro atoms. The number of fused-ring (bicyclic) bond motifs is 1. The minimum Gasteiger partial charge on any atom is -0.508 e. The van der Waals surface area contributed by atoms with Crippen molar-refractivity contribution in [2.75, 3.05) is 13.2 Å². The molecule has 0 bridgehead atoms. The summed E-state index contributed by atoms with van der Waals surface area (Å²) in [6, 6.07) is 12.9. The third-order valence-electron chi connectivity index (χ3n) is 12.8. The predicted octanol–water partition coefficient (Wildman–Crippen LogP) is -1.89. The maximum absolute atomic E-state index is 14.5. The summed E-state index contributed by atoms with van der Waals surface area (Å²) in [6.07, 6.45) is -29.7. The average Bonchev–Trinajstić information content (AvgIpc) is 3.37. The minimum absolute atomic E-state index is 0.0409. The van der Waals surface area contributed by atoms with Crippen molar-refractivity contribution < 1.29 is 123 Å². The van der Waals surface area contributed by atoms with Gasteiger partial charge in [0.25, 0.3) is 0 Å². The van der Waals surface area contributed by atoms with Crippen molar-refractivity contribution in [1.82, 2.24) is 0 Å². The number of hydrogen-bond donors (Lipinski definition) is 12. The molecule has 19 atom stereocenters. The first-order chi connectivity index (χ1) is 35.6. The van der Waals surface area contributed by atoms with Crippen LogP contribution in [-0.2, 0) is 47.5 Å². The fourth-order valence-electron chi connectivity index (χ4n) is 8.66. The van der Waals surface area contributed by atoms with E-state index in [1.165, 1.54) is 68.5 Å². The van der Waals surface area contributed by atoms with Gasteiger partial charge in [-0.1, -0.05) is 12.1 Å². The molecule has 4 saturated heterocycles. The number of ether oxygens (including phenoxy) is 10. The molecule has 0 unspecified atom stereocenters. The zero-order chi connectivity index (χ0) is 54.2. The maximum Gasteiger partial charge on any atom is 0.331 e. The second kappa shape index (κ2) is 23.1. The Morgan fingerprint density at radius 2 is 1.28 bits per heavy atom. The zero-order valence-corrected chi connectivity index (χ0v) is 39.9. The summed E-state index contributed by atoms with van der Waals surface area (Å²) in [5, 5.41) is 128. The molecule has 26 heteroatoms. The van der Waals surface area contributed by atoms with Crippen LogP contribution >= 0.6 is 0 Å². The van der Waals surface area contributed by atoms with E-state index in [2.05, 4.69) is 0 Å². The normalized spacial score (nSPS) is 35.2. The van der Waals surface area contributed by atoms with Crippen LogP contribution in [0.5, 0.6) is 28.7 Å². The number of rotatable bonds is 14. The summed E-state index contributed by atoms with van der Waals surface area (Å²) in [5.74, 6) is -4.21. The number of aliphatic hydroxyl groups is 9. The van der Waals surface area contributed by atoms with E-state index < -0.39 is 170 Å². The summed E-state index contributed by atoms with van der Waals surface area (Å²) in [4.78, 5) is 39.4. The first-order valence-corrected chi connectivity index (χ1v) is 23.4. The van der Waals surface area contributed by atoms with Gasteiger partial charge in [0.1, 0.15) is 101 Å². The molecule has 4 aliphatic heterocycles. The van der Waals surface area contributed by atoms with Crippen molar-refractivity contribution in [2.45, 2.75) is 137 Å². The number of aromatic hydroxyl groups is 3. The van der Waals surface area contributed by atoms with Crippen molar-refractivity contribution in [3.05, 3.63) is 82.5 Å². The van der Waals surface area contributed by atoms with Gasteiger partial charge in [-0.3, -0.25) is 9.59 Å². The van der Waals surface area contributed by atoms with Crippen LogP contribution in [0.25, 0.3) is 28.4 Å². The average molecular weight is 1060 g/mol. The highest BCUT2D eigenvalue weighted by atomic mass is 16.8. The number of esters is 2. The van der Waals surface area contributed by atoms with E-state index in [9.17, 15) is 75.7 Å². The van der Waals surface area contributed by atoms with E-state index in [4.69, 9.17) is 51.8 Å². The quantitative estimate of drug-likeness (QED) is 0.0485. The van der Waals surface area contributed by atoms with E-state index >= 15 is 0 Å². The first-order valence-electron chi connectivity index (χ1n) is 23.4. The van der Waals surface area contributed by atoms with Gasteiger partial charge in [-0.15, -0.1) is 0 Å². The lowest BCUT2D eigenvalue weighted by Crippen LogP contribution is -2.64. The SMILES string of the molecule is CC(=O)O[C@@H]1[C@@H](O)[C@@H](O)[C@H](Oc2cc(O)c3c(=O)c(O[C@@H]4O[C@H](CO[C@@H]5O[C@@H](C)[C@H](O)[C@@H](O[C@@H]6OC[C@@H](O)[C@H](O)[C@H]6O)[C@H]5OC(=O)C=Cc5ccc(O)cc5)[C@@H](O)[C@H](O)[C@H]4O)c(-c4ccc(O)cc4)oc3c2)O[C@H]1C. The molecule has 4 aliphatic rings. The fourth-order valence-corrected chi connectivity index (χ4v) is 8.66. The smallest absolute Gasteiger partial charge is 0.331 e. The van der Waals surface area contributed by atoms with Gasteiger partial charge in [-0.05, 0) is 61.9 Å². The van der Waals surface area contributed by atoms with Gasteiger partial charge in [0, 0.05) is 30.7 Å². The monoisotopic (exact) mass is 1060 g/mol. The van der Waals surface area contributed by atoms with Crippen molar-refractivity contribution in [3.8, 4) is 40.1 Å². The van der Waals surface area contributed by atoms with Gasteiger partial charge in [0.05, 0.1) is 25.4 Å². The zero-order valence-electron chi connectivity index (χ0n) is 39.9. The molecule has 5 heterocycles. The molecular formula is C49H56O26. The standard InChI is InChI=1S/C49H56O26/c1-18-32(56)43(74-46-38(62)33(57)27(54)16-65-46)45(73-30(55)13-6-21-4-9-23(51)10-5-21)49(67-18)66-17-29-34(58)36(60)39(63)48(72-29)75-44-35(59)31-26(53)14-25(15-28(31)71-42(44)22-7-11-24(52)12-8-22)70-47-40(64)37(61)41(19(2)68-47)69-20(3)50/h4-15,18-19,27,29,32-34,36-41,43,45-49,51-54,56-58,60-64H,16-17H2,1-3H3/t18-,19-,27+,29+,32-,33-,34+,36-,37-,38+,39+,40+,41-,43+,45+,46-,47-,48-,49+/m0/s1. The molecule has 12 N–H and O–H groups in total. The van der Waals surface area contributed by atoms with Gasteiger partial charge >= 0.3 is 11.9 Å². The van der Waals surface area contributed by atoms with Gasteiger partial charge in [0.2, 0.25) is 23.8 Å². The molecule has 4 aromatic rings. The van der Waals surface area contributed by atoms with E-state index in [0.29, 0.717) is 5.56 Å². The highest BCUT2D eigenvalue weighted by molar-refractivity contribution is 5.88. The Kier molecular flexibility index (Phi) is 17.0. The fraction of sp³-hybridized carbons (Fsp3) is 0.490. The van der Waals surface area contributed by atoms with Crippen LogP contribution in [-0.4, -0.2) is 203 Å². The molecule has 8 rings (SSSR count). The molecule has 0 aliphatic carbocycles. The van der Waals surface area contributed by atoms with E-state index in [-0.39, 0.29) is 28.4 Å². The number of benzene rings is 3. The van der Waals surface area contributed by atoms with E-state index in [1.807, 2.05) is 0 Å². The van der Waals surface area contributed by atoms with Gasteiger partial charge in [-0.25, -0.2) is 4.79 Å². The van der Waals surface area contributed by atoms with Crippen LogP contribution in [0, 0.1) is 0 Å². The topological polar surface area (TPSA) is 399 Å². The van der Waals surface area contributed by atoms with Crippen LogP contribution in [0.1, 0.15) is 26.3 Å². The number of carbonyl (C=O) groups excluding carboxylic acids is 2. The summed E-state index contributed by atoms with van der Waals surface area (Å²) in [7, 11) is 0. The van der Waals surface area contributed by atoms with Gasteiger partial charge in [-0.2, -0.15) is 0 Å². The molecule has 4 fully saturated rings. The summed E-state index contributed by atoms with van der Waals surface area (Å²) in [5.41, 5.74) is -0.925. The van der Waals surface area contributed by atoms with Crippen LogP contribution in [0.15, 0.2) is 76.0 Å². The second-order valence-electron chi connectivity index (χ2n) is 18.2. The van der Waals surface area contributed by atoms with Crippen molar-refractivity contribution in [3.63, 3.8) is 0 Å². The molecule has 75 heavy (non-hydrogen) atoms. The maximum atomic E-state index is 14.5. The molecule has 0 saturated carbocycles. The lowest BCUT2D eigenvalue weighted by Gasteiger charge is -2.46. The number of hydrogen-bond acceptors (Lipinski definition) is 26. The summed E-state index contributed by atoms with van der Waals surface area (Å²) >= 11 is 0. The number of aliphatic hydroxyl groups excluding tert-OH is 9. The van der Waals surface area contributed by atoms with E-state index in [0.717, 1.165) is 25.1 Å². The lowest BCUT2D eigenvalue weighted by molar-refractivity contribution is -0.352. The lowest BCUT2D eigenvalue weighted by atomic mass is 9.98. The Bertz CT molecular complexity index is 2710. The highest BCUT2D eigenvalue weighted by Gasteiger charge is 2.52. The minimum atomic E-state index is -2.12. The van der Waals surface area contributed by atoms with Crippen molar-refractivity contribution >= 4 is 29.0 Å². The molecule has 0 amide bonds. The molecule has 0 radical (unpaired) electrons. The van der Waals surface area contributed by atoms with Gasteiger partial charge < -0.3 is 113 Å². The molecule has 1 aromatic heterocycles. The van der Waals surface area contributed by atoms with Crippen LogP contribution in [0.2, 0.25) is 0 Å². The largest absolute Gasteiger partial charge is 0.508 e. The molecule has 408 valence electrons. The summed E-state index contributed by atoms with van der Waals surface area (Å²) in [6.45, 7) is 2.64. The third kappa shape index (κ3) is 12.0. The van der Waals surface area contributed by atoms with Crippen molar-refractivity contribution in [1.29, 1.82) is 0 Å². The van der Waals surface area contributed by atoms with Crippen LogP contribution in [0.3, 0.4) is 0 Å². The van der Waals surface area contributed by atoms with E-state index in [1.54, 1.807) is 0 Å². The Hall–Kier alpha value is -6.05. The third-order valence-corrected chi connectivity index (χ3v) is 12.8. The Morgan fingerprint density at radius 3 is 1.96 bits per heavy atom. The number of phenols is 3. The Morgan fingerprint density at radius 1 is 0.653 bits per heavy atom. The number of carbonyl (C=O) groups is 2. The van der Waals surface area contributed by atoms with Crippen molar-refractivity contribution in [2.24, 2.45) is 0 Å². The first kappa shape index (κ1) is 55.2. The van der Waals surface area contributed by atoms with Crippen LogP contribution < -0.4 is 14.9 Å². The van der Waals surface area contributed by atoms with Crippen LogP contribution in [0.4, 0.5) is 0 Å². The van der Waals surface area contributed by atoms with Gasteiger partial charge in [0.15, 0.2) is 30.5 Å². The highest BCUT2D eigenvalue weighted by Crippen LogP contribution is 2.39. The molecular weight excluding hydrogens is 1000 g/mol.